The highest BCUT2D eigenvalue weighted by Gasteiger charge is 2.10. The number of aryl methyl sites for hydroxylation is 1. The zero-order valence-corrected chi connectivity index (χ0v) is 12.0. The summed E-state index contributed by atoms with van der Waals surface area (Å²) >= 11 is 0. The van der Waals surface area contributed by atoms with Crippen LogP contribution >= 0.6 is 0 Å². The Labute approximate surface area is 120 Å². The van der Waals surface area contributed by atoms with Crippen molar-refractivity contribution in [2.45, 2.75) is 19.4 Å². The summed E-state index contributed by atoms with van der Waals surface area (Å²) in [6.45, 7) is 2.59. The largest absolute Gasteiger partial charge is 0.375 e. The van der Waals surface area contributed by atoms with Crippen LogP contribution in [0.2, 0.25) is 0 Å². The Balaban J connectivity index is 1.95. The Morgan fingerprint density at radius 3 is 2.50 bits per heavy atom. The molecule has 0 aromatic heterocycles. The highest BCUT2D eigenvalue weighted by atomic mass is 19.1. The molecule has 2 aromatic carbocycles. The third kappa shape index (κ3) is 3.58. The van der Waals surface area contributed by atoms with Crippen LogP contribution in [0.25, 0.3) is 0 Å². The lowest BCUT2D eigenvalue weighted by Gasteiger charge is -2.21. The Kier molecular flexibility index (Phi) is 4.74. The fraction of sp³-hybridized carbons (Fsp3) is 0.294. The summed E-state index contributed by atoms with van der Waals surface area (Å²) in [5, 5.41) is 0. The molecule has 0 spiro atoms. The van der Waals surface area contributed by atoms with Gasteiger partial charge in [0.25, 0.3) is 0 Å². The topological polar surface area (TPSA) is 29.3 Å². The molecule has 0 bridgehead atoms. The molecule has 0 amide bonds. The van der Waals surface area contributed by atoms with Gasteiger partial charge in [-0.25, -0.2) is 4.39 Å². The van der Waals surface area contributed by atoms with Crippen molar-refractivity contribution in [3.8, 4) is 0 Å². The molecule has 0 saturated heterocycles. The van der Waals surface area contributed by atoms with Crippen LogP contribution < -0.4 is 10.6 Å². The van der Waals surface area contributed by atoms with Crippen molar-refractivity contribution in [1.29, 1.82) is 0 Å². The van der Waals surface area contributed by atoms with Crippen molar-refractivity contribution in [3.63, 3.8) is 0 Å². The van der Waals surface area contributed by atoms with Crippen molar-refractivity contribution in [2.75, 3.05) is 18.5 Å². The van der Waals surface area contributed by atoms with E-state index in [-0.39, 0.29) is 11.9 Å². The standard InChI is InChI=1S/C17H21FN2/c1-13-8-9-14(12-16(13)18)17(19)10-11-20(2)15-6-4-3-5-7-15/h3-9,12,17H,10-11,19H2,1-2H3. The van der Waals surface area contributed by atoms with Crippen molar-refractivity contribution in [1.82, 2.24) is 0 Å². The maximum absolute atomic E-state index is 13.5. The van der Waals surface area contributed by atoms with Crippen LogP contribution in [0.15, 0.2) is 48.5 Å². The van der Waals surface area contributed by atoms with Crippen LogP contribution in [0.3, 0.4) is 0 Å². The number of anilines is 1. The third-order valence-electron chi connectivity index (χ3n) is 3.60. The summed E-state index contributed by atoms with van der Waals surface area (Å²) in [6, 6.07) is 15.3. The van der Waals surface area contributed by atoms with E-state index in [1.54, 1.807) is 19.1 Å². The number of hydrogen-bond acceptors (Lipinski definition) is 2. The van der Waals surface area contributed by atoms with Gasteiger partial charge in [-0.2, -0.15) is 0 Å². The number of halogens is 1. The minimum atomic E-state index is -0.186. The Bertz CT molecular complexity index is 554. The molecule has 2 nitrogen and oxygen atoms in total. The fourth-order valence-electron chi connectivity index (χ4n) is 2.15. The molecule has 0 aliphatic heterocycles. The predicted molar refractivity (Wildman–Crippen MR) is 82.4 cm³/mol. The van der Waals surface area contributed by atoms with E-state index in [0.717, 1.165) is 24.2 Å². The number of nitrogens with zero attached hydrogens (tertiary/aromatic N) is 1. The van der Waals surface area contributed by atoms with E-state index in [1.165, 1.54) is 0 Å². The first-order valence-electron chi connectivity index (χ1n) is 6.86. The average Bonchev–Trinajstić information content (AvgIpc) is 2.48. The van der Waals surface area contributed by atoms with Crippen molar-refractivity contribution < 1.29 is 4.39 Å². The molecule has 1 atom stereocenters. The first kappa shape index (κ1) is 14.5. The van der Waals surface area contributed by atoms with Gasteiger partial charge in [0.2, 0.25) is 0 Å². The summed E-state index contributed by atoms with van der Waals surface area (Å²) in [6.07, 6.45) is 0.786. The summed E-state index contributed by atoms with van der Waals surface area (Å²) in [7, 11) is 2.04. The van der Waals surface area contributed by atoms with Gasteiger partial charge in [-0.05, 0) is 42.7 Å². The number of benzene rings is 2. The first-order chi connectivity index (χ1) is 9.58. The molecule has 2 aromatic rings. The second-order valence-corrected chi connectivity index (χ2v) is 5.16. The molecule has 1 unspecified atom stereocenters. The van der Waals surface area contributed by atoms with Gasteiger partial charge in [0.15, 0.2) is 0 Å². The molecule has 2 rings (SSSR count). The smallest absolute Gasteiger partial charge is 0.126 e. The van der Waals surface area contributed by atoms with Gasteiger partial charge in [-0.1, -0.05) is 30.3 Å². The highest BCUT2D eigenvalue weighted by Crippen LogP contribution is 2.19. The third-order valence-corrected chi connectivity index (χ3v) is 3.60. The summed E-state index contributed by atoms with van der Waals surface area (Å²) in [4.78, 5) is 2.16. The SMILES string of the molecule is Cc1ccc(C(N)CCN(C)c2ccccc2)cc1F. The van der Waals surface area contributed by atoms with E-state index >= 15 is 0 Å². The van der Waals surface area contributed by atoms with Gasteiger partial charge in [0.05, 0.1) is 0 Å². The molecule has 2 N–H and O–H groups in total. The molecular formula is C17H21FN2. The monoisotopic (exact) mass is 272 g/mol. The highest BCUT2D eigenvalue weighted by molar-refractivity contribution is 5.44. The van der Waals surface area contributed by atoms with E-state index in [4.69, 9.17) is 5.73 Å². The molecule has 106 valence electrons. The van der Waals surface area contributed by atoms with Crippen LogP contribution in [-0.2, 0) is 0 Å². The Morgan fingerprint density at radius 2 is 1.85 bits per heavy atom. The number of hydrogen-bond donors (Lipinski definition) is 1. The fourth-order valence-corrected chi connectivity index (χ4v) is 2.15. The quantitative estimate of drug-likeness (QED) is 0.900. The Hall–Kier alpha value is -1.87. The van der Waals surface area contributed by atoms with Crippen molar-refractivity contribution in [2.24, 2.45) is 5.73 Å². The average molecular weight is 272 g/mol. The van der Waals surface area contributed by atoms with Gasteiger partial charge in [-0.3, -0.25) is 0 Å². The molecule has 0 saturated carbocycles. The molecule has 0 aliphatic carbocycles. The lowest BCUT2D eigenvalue weighted by Crippen LogP contribution is -2.23. The molecule has 0 fully saturated rings. The van der Waals surface area contributed by atoms with Crippen LogP contribution in [-0.4, -0.2) is 13.6 Å². The zero-order chi connectivity index (χ0) is 14.5. The molecule has 0 aliphatic rings. The van der Waals surface area contributed by atoms with Crippen LogP contribution in [0.4, 0.5) is 10.1 Å². The summed E-state index contributed by atoms with van der Waals surface area (Å²) in [5.41, 5.74) is 8.82. The number of para-hydroxylation sites is 1. The van der Waals surface area contributed by atoms with Gasteiger partial charge < -0.3 is 10.6 Å². The molecule has 20 heavy (non-hydrogen) atoms. The minimum Gasteiger partial charge on any atom is -0.375 e. The van der Waals surface area contributed by atoms with Gasteiger partial charge in [0, 0.05) is 25.3 Å². The van der Waals surface area contributed by atoms with E-state index in [1.807, 2.05) is 31.3 Å². The lowest BCUT2D eigenvalue weighted by molar-refractivity contribution is 0.601. The molecule has 3 heteroatoms. The molecule has 0 heterocycles. The summed E-state index contributed by atoms with van der Waals surface area (Å²) in [5.74, 6) is -0.186. The maximum Gasteiger partial charge on any atom is 0.126 e. The van der Waals surface area contributed by atoms with E-state index in [2.05, 4.69) is 17.0 Å². The number of nitrogens with two attached hydrogens (primary N) is 1. The maximum atomic E-state index is 13.5. The van der Waals surface area contributed by atoms with Crippen LogP contribution in [0, 0.1) is 12.7 Å². The minimum absolute atomic E-state index is 0.142. The van der Waals surface area contributed by atoms with Crippen molar-refractivity contribution in [3.05, 3.63) is 65.5 Å². The van der Waals surface area contributed by atoms with Gasteiger partial charge >= 0.3 is 0 Å². The zero-order valence-electron chi connectivity index (χ0n) is 12.0. The van der Waals surface area contributed by atoms with Crippen LogP contribution in [0.5, 0.6) is 0 Å². The van der Waals surface area contributed by atoms with Crippen molar-refractivity contribution >= 4 is 5.69 Å². The van der Waals surface area contributed by atoms with Gasteiger partial charge in [-0.15, -0.1) is 0 Å². The Morgan fingerprint density at radius 1 is 1.15 bits per heavy atom. The van der Waals surface area contributed by atoms with E-state index in [9.17, 15) is 4.39 Å². The summed E-state index contributed by atoms with van der Waals surface area (Å²) < 4.78 is 13.5. The second kappa shape index (κ2) is 6.53. The van der Waals surface area contributed by atoms with Gasteiger partial charge in [0.1, 0.15) is 5.82 Å². The normalized spacial score (nSPS) is 12.2. The lowest BCUT2D eigenvalue weighted by atomic mass is 10.0. The number of rotatable bonds is 5. The van der Waals surface area contributed by atoms with E-state index < -0.39 is 0 Å². The molecule has 0 radical (unpaired) electrons. The predicted octanol–water partition coefficient (Wildman–Crippen LogP) is 3.66. The second-order valence-electron chi connectivity index (χ2n) is 5.16. The van der Waals surface area contributed by atoms with Crippen LogP contribution in [0.1, 0.15) is 23.6 Å². The molecular weight excluding hydrogens is 251 g/mol. The first-order valence-corrected chi connectivity index (χ1v) is 6.86. The van der Waals surface area contributed by atoms with E-state index in [0.29, 0.717) is 5.56 Å².